The van der Waals surface area contributed by atoms with Gasteiger partial charge in [0, 0.05) is 11.8 Å². The maximum atomic E-state index is 13.6. The van der Waals surface area contributed by atoms with Gasteiger partial charge in [-0.25, -0.2) is 14.1 Å². The van der Waals surface area contributed by atoms with Crippen molar-refractivity contribution >= 4 is 23.5 Å². The number of carbonyl (C=O) groups excluding carboxylic acids is 1. The fourth-order valence-corrected chi connectivity index (χ4v) is 2.12. The molecule has 2 heterocycles. The number of amides is 1. The average Bonchev–Trinajstić information content (AvgIpc) is 3.11. The van der Waals surface area contributed by atoms with Crippen molar-refractivity contribution in [1.29, 1.82) is 0 Å². The summed E-state index contributed by atoms with van der Waals surface area (Å²) >= 11 is 5.72. The Morgan fingerprint density at radius 2 is 2.13 bits per heavy atom. The van der Waals surface area contributed by atoms with Crippen LogP contribution in [0.1, 0.15) is 5.56 Å². The van der Waals surface area contributed by atoms with Crippen LogP contribution in [0.5, 0.6) is 0 Å². The summed E-state index contributed by atoms with van der Waals surface area (Å²) in [6.07, 6.45) is 4.40. The minimum atomic E-state index is -0.339. The molecule has 3 rings (SSSR count). The van der Waals surface area contributed by atoms with Crippen LogP contribution in [0.4, 0.5) is 10.3 Å². The molecule has 1 aromatic carbocycles. The summed E-state index contributed by atoms with van der Waals surface area (Å²) in [7, 11) is 0. The molecule has 3 aromatic rings. The molecule has 0 spiro atoms. The van der Waals surface area contributed by atoms with Crippen LogP contribution in [0.2, 0.25) is 5.02 Å². The first-order valence-corrected chi connectivity index (χ1v) is 7.08. The largest absolute Gasteiger partial charge is 0.292 e. The van der Waals surface area contributed by atoms with Gasteiger partial charge in [-0.2, -0.15) is 5.10 Å². The van der Waals surface area contributed by atoms with Gasteiger partial charge < -0.3 is 0 Å². The zero-order chi connectivity index (χ0) is 16.2. The highest BCUT2D eigenvalue weighted by Gasteiger charge is 2.09. The molecule has 0 fully saturated rings. The van der Waals surface area contributed by atoms with Crippen LogP contribution in [0.15, 0.2) is 43.0 Å². The van der Waals surface area contributed by atoms with E-state index in [0.717, 1.165) is 0 Å². The van der Waals surface area contributed by atoms with E-state index in [4.69, 9.17) is 11.6 Å². The smallest absolute Gasteiger partial charge is 0.248 e. The maximum Gasteiger partial charge on any atom is 0.248 e. The van der Waals surface area contributed by atoms with E-state index in [2.05, 4.69) is 20.5 Å². The third-order valence-electron chi connectivity index (χ3n) is 2.99. The Hall–Kier alpha value is -2.74. The normalized spacial score (nSPS) is 10.7. The predicted octanol–water partition coefficient (Wildman–Crippen LogP) is 1.95. The predicted molar refractivity (Wildman–Crippen MR) is 81.4 cm³/mol. The van der Waals surface area contributed by atoms with Gasteiger partial charge in [-0.3, -0.25) is 14.8 Å². The lowest BCUT2D eigenvalue weighted by molar-refractivity contribution is -0.116. The summed E-state index contributed by atoms with van der Waals surface area (Å²) in [6, 6.07) is 6.40. The molecule has 0 bridgehead atoms. The minimum absolute atomic E-state index is 0.00538. The number of hydrogen-bond acceptors (Lipinski definition) is 4. The Bertz CT molecular complexity index is 830. The van der Waals surface area contributed by atoms with E-state index in [0.29, 0.717) is 10.6 Å². The first kappa shape index (κ1) is 15.2. The third-order valence-corrected chi connectivity index (χ3v) is 3.18. The molecule has 23 heavy (non-hydrogen) atoms. The van der Waals surface area contributed by atoms with Gasteiger partial charge in [-0.15, -0.1) is 5.10 Å². The van der Waals surface area contributed by atoms with Crippen LogP contribution >= 0.6 is 11.6 Å². The van der Waals surface area contributed by atoms with Gasteiger partial charge in [0.15, 0.2) is 0 Å². The fraction of sp³-hybridized carbons (Fsp3) is 0.143. The van der Waals surface area contributed by atoms with Gasteiger partial charge in [0.25, 0.3) is 0 Å². The van der Waals surface area contributed by atoms with E-state index >= 15 is 0 Å². The van der Waals surface area contributed by atoms with Crippen LogP contribution in [0, 0.1) is 5.82 Å². The molecule has 9 heteroatoms. The molecular formula is C14H12ClFN6O. The Morgan fingerprint density at radius 1 is 1.30 bits per heavy atom. The molecule has 0 aliphatic carbocycles. The highest BCUT2D eigenvalue weighted by atomic mass is 35.5. The van der Waals surface area contributed by atoms with Crippen molar-refractivity contribution in [3.63, 3.8) is 0 Å². The van der Waals surface area contributed by atoms with Crippen molar-refractivity contribution in [1.82, 2.24) is 24.5 Å². The molecule has 0 aliphatic rings. The van der Waals surface area contributed by atoms with Crippen LogP contribution in [-0.2, 0) is 17.9 Å². The van der Waals surface area contributed by atoms with Gasteiger partial charge in [0.1, 0.15) is 18.7 Å². The van der Waals surface area contributed by atoms with E-state index in [1.54, 1.807) is 18.2 Å². The molecular weight excluding hydrogens is 323 g/mol. The summed E-state index contributed by atoms with van der Waals surface area (Å²) in [5.74, 6) is -0.512. The van der Waals surface area contributed by atoms with Crippen molar-refractivity contribution in [3.8, 4) is 0 Å². The van der Waals surface area contributed by atoms with Crippen molar-refractivity contribution < 1.29 is 9.18 Å². The molecule has 0 saturated carbocycles. The number of aromatic nitrogens is 5. The average molecular weight is 335 g/mol. The van der Waals surface area contributed by atoms with Crippen molar-refractivity contribution in [3.05, 3.63) is 59.4 Å². The van der Waals surface area contributed by atoms with Crippen molar-refractivity contribution in [2.45, 2.75) is 13.1 Å². The van der Waals surface area contributed by atoms with E-state index in [1.165, 1.54) is 34.2 Å². The lowest BCUT2D eigenvalue weighted by atomic mass is 10.2. The lowest BCUT2D eigenvalue weighted by Gasteiger charge is -2.03. The summed E-state index contributed by atoms with van der Waals surface area (Å²) in [4.78, 5) is 15.8. The molecule has 0 aliphatic heterocycles. The molecule has 2 aromatic heterocycles. The van der Waals surface area contributed by atoms with Gasteiger partial charge in [-0.1, -0.05) is 29.8 Å². The number of nitrogens with zero attached hydrogens (tertiary/aromatic N) is 5. The van der Waals surface area contributed by atoms with Gasteiger partial charge >= 0.3 is 0 Å². The lowest BCUT2D eigenvalue weighted by Crippen LogP contribution is -2.20. The third kappa shape index (κ3) is 3.92. The molecule has 0 atom stereocenters. The number of anilines is 1. The Labute approximate surface area is 135 Å². The Balaban J connectivity index is 1.61. The summed E-state index contributed by atoms with van der Waals surface area (Å²) < 4.78 is 16.4. The second kappa shape index (κ2) is 6.57. The second-order valence-electron chi connectivity index (χ2n) is 4.76. The molecule has 0 unspecified atom stereocenters. The quantitative estimate of drug-likeness (QED) is 0.773. The van der Waals surface area contributed by atoms with Gasteiger partial charge in [-0.05, 0) is 6.07 Å². The zero-order valence-corrected chi connectivity index (χ0v) is 12.6. The van der Waals surface area contributed by atoms with Crippen LogP contribution < -0.4 is 5.32 Å². The number of nitrogens with one attached hydrogen (secondary N) is 1. The van der Waals surface area contributed by atoms with Gasteiger partial charge in [0.05, 0.1) is 17.8 Å². The number of hydrogen-bond donors (Lipinski definition) is 1. The zero-order valence-electron chi connectivity index (χ0n) is 11.9. The molecule has 7 nitrogen and oxygen atoms in total. The summed E-state index contributed by atoms with van der Waals surface area (Å²) in [5, 5.41) is 11.0. The fourth-order valence-electron chi connectivity index (χ4n) is 1.97. The summed E-state index contributed by atoms with van der Waals surface area (Å²) in [5.41, 5.74) is 0.487. The van der Waals surface area contributed by atoms with E-state index in [-0.39, 0.29) is 30.8 Å². The van der Waals surface area contributed by atoms with Crippen molar-refractivity contribution in [2.75, 3.05) is 5.32 Å². The van der Waals surface area contributed by atoms with Crippen LogP contribution in [0.25, 0.3) is 0 Å². The first-order chi connectivity index (χ1) is 11.1. The molecule has 1 N–H and O–H groups in total. The molecule has 0 radical (unpaired) electrons. The highest BCUT2D eigenvalue weighted by molar-refractivity contribution is 6.30. The maximum absolute atomic E-state index is 13.6. The Morgan fingerprint density at radius 3 is 2.87 bits per heavy atom. The molecule has 0 saturated heterocycles. The SMILES string of the molecule is O=C(Cn1cc(Cl)cn1)Nc1ncn(Cc2ccccc2F)n1. The van der Waals surface area contributed by atoms with Crippen LogP contribution in [-0.4, -0.2) is 30.5 Å². The number of benzene rings is 1. The monoisotopic (exact) mass is 334 g/mol. The van der Waals surface area contributed by atoms with Crippen LogP contribution in [0.3, 0.4) is 0 Å². The number of carbonyl (C=O) groups is 1. The van der Waals surface area contributed by atoms with E-state index in [9.17, 15) is 9.18 Å². The van der Waals surface area contributed by atoms with E-state index in [1.807, 2.05) is 0 Å². The Kier molecular flexibility index (Phi) is 4.33. The topological polar surface area (TPSA) is 77.6 Å². The number of halogens is 2. The first-order valence-electron chi connectivity index (χ1n) is 6.71. The minimum Gasteiger partial charge on any atom is -0.292 e. The standard InChI is InChI=1S/C14H12ClFN6O/c15-11-5-18-21(7-11)8-13(23)19-14-17-9-22(20-14)6-10-3-1-2-4-12(10)16/h1-5,7,9H,6,8H2,(H,19,20,23). The van der Waals surface area contributed by atoms with Gasteiger partial charge in [0.2, 0.25) is 11.9 Å². The molecule has 1 amide bonds. The van der Waals surface area contributed by atoms with Crippen molar-refractivity contribution in [2.24, 2.45) is 0 Å². The van der Waals surface area contributed by atoms with E-state index < -0.39 is 0 Å². The molecule has 118 valence electrons. The highest BCUT2D eigenvalue weighted by Crippen LogP contribution is 2.09. The summed E-state index contributed by atoms with van der Waals surface area (Å²) in [6.45, 7) is 0.221. The second-order valence-corrected chi connectivity index (χ2v) is 5.20. The number of rotatable bonds is 5.